The fourth-order valence-corrected chi connectivity index (χ4v) is 1.49. The monoisotopic (exact) mass is 254 g/mol. The molecule has 94 valence electrons. The molecule has 0 aliphatic rings. The first-order chi connectivity index (χ1) is 8.47. The molecule has 0 radical (unpaired) electrons. The van der Waals surface area contributed by atoms with Gasteiger partial charge >= 0.3 is 6.18 Å². The molecule has 0 fully saturated rings. The van der Waals surface area contributed by atoms with E-state index in [2.05, 4.69) is 4.98 Å². The summed E-state index contributed by atoms with van der Waals surface area (Å²) in [6.45, 7) is 0.199. The average molecular weight is 254 g/mol. The molecule has 0 spiro atoms. The Bertz CT molecular complexity index is 587. The van der Waals surface area contributed by atoms with Crippen molar-refractivity contribution in [1.29, 1.82) is 0 Å². The van der Waals surface area contributed by atoms with Crippen LogP contribution >= 0.6 is 0 Å². The molecule has 2 rings (SSSR count). The van der Waals surface area contributed by atoms with E-state index >= 15 is 0 Å². The van der Waals surface area contributed by atoms with Crippen LogP contribution < -0.4 is 5.56 Å². The number of aromatic nitrogens is 2. The van der Waals surface area contributed by atoms with Gasteiger partial charge in [0.1, 0.15) is 0 Å². The van der Waals surface area contributed by atoms with Gasteiger partial charge in [-0.25, -0.2) is 4.98 Å². The first-order valence-electron chi connectivity index (χ1n) is 5.13. The maximum atomic E-state index is 12.3. The molecule has 0 aliphatic heterocycles. The van der Waals surface area contributed by atoms with E-state index in [1.807, 2.05) is 0 Å². The zero-order valence-electron chi connectivity index (χ0n) is 9.19. The molecule has 0 aliphatic carbocycles. The molecule has 18 heavy (non-hydrogen) atoms. The zero-order valence-corrected chi connectivity index (χ0v) is 9.19. The molecule has 3 nitrogen and oxygen atoms in total. The molecule has 6 heteroatoms. The first kappa shape index (κ1) is 12.3. The highest BCUT2D eigenvalue weighted by Gasteiger charge is 2.29. The number of hydrogen-bond donors (Lipinski definition) is 0. The minimum absolute atomic E-state index is 0.199. The molecule has 1 aromatic heterocycles. The van der Waals surface area contributed by atoms with Gasteiger partial charge in [-0.05, 0) is 17.7 Å². The van der Waals surface area contributed by atoms with Crippen LogP contribution in [0.25, 0.3) is 0 Å². The molecular formula is C12H9F3N2O. The van der Waals surface area contributed by atoms with Crippen molar-refractivity contribution in [2.75, 3.05) is 0 Å². The van der Waals surface area contributed by atoms with E-state index in [-0.39, 0.29) is 12.1 Å². The normalized spacial score (nSPS) is 11.5. The molecule has 0 bridgehead atoms. The summed E-state index contributed by atoms with van der Waals surface area (Å²) in [5, 5.41) is 0. The third-order valence-electron chi connectivity index (χ3n) is 2.43. The van der Waals surface area contributed by atoms with Gasteiger partial charge in [0.2, 0.25) is 0 Å². The summed E-state index contributed by atoms with van der Waals surface area (Å²) in [6.07, 6.45) is -1.63. The van der Waals surface area contributed by atoms with Crippen molar-refractivity contribution in [3.63, 3.8) is 0 Å². The summed E-state index contributed by atoms with van der Waals surface area (Å²) in [7, 11) is 0. The average Bonchev–Trinajstić information content (AvgIpc) is 2.32. The summed E-state index contributed by atoms with van der Waals surface area (Å²) >= 11 is 0. The number of alkyl halides is 3. The second-order valence-corrected chi connectivity index (χ2v) is 3.74. The van der Waals surface area contributed by atoms with Gasteiger partial charge < -0.3 is 0 Å². The minimum atomic E-state index is -4.34. The highest BCUT2D eigenvalue weighted by molar-refractivity contribution is 5.24. The predicted octanol–water partition coefficient (Wildman–Crippen LogP) is 2.31. The van der Waals surface area contributed by atoms with Crippen molar-refractivity contribution >= 4 is 0 Å². The van der Waals surface area contributed by atoms with Gasteiger partial charge in [0.25, 0.3) is 5.56 Å². The lowest BCUT2D eigenvalue weighted by atomic mass is 10.1. The Balaban J connectivity index is 2.22. The number of rotatable bonds is 2. The molecule has 0 atom stereocenters. The van der Waals surface area contributed by atoms with Crippen molar-refractivity contribution in [3.05, 3.63) is 64.3 Å². The Morgan fingerprint density at radius 2 is 1.78 bits per heavy atom. The smallest absolute Gasteiger partial charge is 0.295 e. The van der Waals surface area contributed by atoms with Crippen LogP contribution in [0, 0.1) is 0 Å². The van der Waals surface area contributed by atoms with E-state index in [0.29, 0.717) is 5.56 Å². The van der Waals surface area contributed by atoms with Gasteiger partial charge in [0.15, 0.2) is 0 Å². The molecule has 0 N–H and O–H groups in total. The maximum absolute atomic E-state index is 12.3. The van der Waals surface area contributed by atoms with Crippen molar-refractivity contribution in [2.24, 2.45) is 0 Å². The lowest BCUT2D eigenvalue weighted by Crippen LogP contribution is -2.19. The predicted molar refractivity (Wildman–Crippen MR) is 59.0 cm³/mol. The van der Waals surface area contributed by atoms with E-state index in [1.54, 1.807) is 0 Å². The van der Waals surface area contributed by atoms with Crippen LogP contribution in [0.3, 0.4) is 0 Å². The van der Waals surface area contributed by atoms with E-state index < -0.39 is 11.7 Å². The second-order valence-electron chi connectivity index (χ2n) is 3.74. The lowest BCUT2D eigenvalue weighted by Gasteiger charge is -2.08. The first-order valence-corrected chi connectivity index (χ1v) is 5.13. The van der Waals surface area contributed by atoms with E-state index in [1.165, 1.54) is 35.3 Å². The number of nitrogens with zero attached hydrogens (tertiary/aromatic N) is 2. The van der Waals surface area contributed by atoms with Gasteiger partial charge in [0.05, 0.1) is 18.4 Å². The fraction of sp³-hybridized carbons (Fsp3) is 0.167. The molecule has 0 amide bonds. The Morgan fingerprint density at radius 1 is 1.11 bits per heavy atom. The molecule has 1 aromatic carbocycles. The van der Waals surface area contributed by atoms with Crippen LogP contribution in [-0.2, 0) is 12.7 Å². The van der Waals surface area contributed by atoms with Crippen molar-refractivity contribution in [2.45, 2.75) is 12.7 Å². The molecule has 0 saturated heterocycles. The van der Waals surface area contributed by atoms with Gasteiger partial charge in [-0.1, -0.05) is 12.1 Å². The molecular weight excluding hydrogens is 245 g/mol. The number of halogens is 3. The molecule has 0 unspecified atom stereocenters. The van der Waals surface area contributed by atoms with E-state index in [4.69, 9.17) is 0 Å². The highest BCUT2D eigenvalue weighted by atomic mass is 19.4. The summed E-state index contributed by atoms with van der Waals surface area (Å²) in [5.41, 5.74) is -0.340. The fourth-order valence-electron chi connectivity index (χ4n) is 1.49. The van der Waals surface area contributed by atoms with Crippen LogP contribution in [0.1, 0.15) is 11.1 Å². The Kier molecular flexibility index (Phi) is 3.18. The maximum Gasteiger partial charge on any atom is 0.416 e. The molecule has 0 saturated carbocycles. The van der Waals surface area contributed by atoms with Crippen molar-refractivity contribution in [1.82, 2.24) is 9.55 Å². The Labute approximate surface area is 101 Å². The summed E-state index contributed by atoms with van der Waals surface area (Å²) in [6, 6.07) is 5.99. The Morgan fingerprint density at radius 3 is 2.33 bits per heavy atom. The number of benzene rings is 1. The van der Waals surface area contributed by atoms with Crippen LogP contribution in [0.4, 0.5) is 13.2 Å². The van der Waals surface area contributed by atoms with Gasteiger partial charge in [-0.2, -0.15) is 13.2 Å². The zero-order chi connectivity index (χ0) is 13.2. The SMILES string of the molecule is O=c1ccncn1Cc1ccc(C(F)(F)F)cc1. The standard InChI is InChI=1S/C12H9F3N2O/c13-12(14,15)10-3-1-9(2-4-10)7-17-8-16-6-5-11(17)18/h1-6,8H,7H2. The van der Waals surface area contributed by atoms with Crippen LogP contribution in [0.5, 0.6) is 0 Å². The summed E-state index contributed by atoms with van der Waals surface area (Å²) in [5.74, 6) is 0. The van der Waals surface area contributed by atoms with E-state index in [9.17, 15) is 18.0 Å². The quantitative estimate of drug-likeness (QED) is 0.824. The van der Waals surface area contributed by atoms with E-state index in [0.717, 1.165) is 12.1 Å². The molecule has 1 heterocycles. The lowest BCUT2D eigenvalue weighted by molar-refractivity contribution is -0.137. The van der Waals surface area contributed by atoms with Gasteiger partial charge in [-0.3, -0.25) is 9.36 Å². The van der Waals surface area contributed by atoms with Gasteiger partial charge in [-0.15, -0.1) is 0 Å². The summed E-state index contributed by atoms with van der Waals surface area (Å²) < 4.78 is 38.4. The van der Waals surface area contributed by atoms with Crippen LogP contribution in [0.2, 0.25) is 0 Å². The second kappa shape index (κ2) is 4.64. The largest absolute Gasteiger partial charge is 0.416 e. The van der Waals surface area contributed by atoms with Crippen molar-refractivity contribution < 1.29 is 13.2 Å². The van der Waals surface area contributed by atoms with Crippen LogP contribution in [-0.4, -0.2) is 9.55 Å². The minimum Gasteiger partial charge on any atom is -0.295 e. The Hall–Kier alpha value is -2.11. The van der Waals surface area contributed by atoms with Gasteiger partial charge in [0, 0.05) is 12.3 Å². The molecule has 2 aromatic rings. The number of hydrogen-bond acceptors (Lipinski definition) is 2. The third-order valence-corrected chi connectivity index (χ3v) is 2.43. The topological polar surface area (TPSA) is 34.9 Å². The van der Waals surface area contributed by atoms with Crippen LogP contribution in [0.15, 0.2) is 47.7 Å². The third kappa shape index (κ3) is 2.77. The highest BCUT2D eigenvalue weighted by Crippen LogP contribution is 2.29. The van der Waals surface area contributed by atoms with Crippen molar-refractivity contribution in [3.8, 4) is 0 Å². The summed E-state index contributed by atoms with van der Waals surface area (Å²) in [4.78, 5) is 15.2.